The van der Waals surface area contributed by atoms with Gasteiger partial charge in [-0.05, 0) is 41.5 Å². The predicted molar refractivity (Wildman–Crippen MR) is 162 cm³/mol. The van der Waals surface area contributed by atoms with Crippen LogP contribution >= 0.6 is 23.2 Å². The van der Waals surface area contributed by atoms with E-state index < -0.39 is 28.5 Å². The molecule has 41 heavy (non-hydrogen) atoms. The normalized spacial score (nSPS) is 11.9. The number of nitrogens with zero attached hydrogens (tertiary/aromatic N) is 2. The van der Waals surface area contributed by atoms with Crippen LogP contribution in [-0.4, -0.2) is 44.8 Å². The Morgan fingerprint density at radius 2 is 1.37 bits per heavy atom. The number of halogens is 2. The molecule has 4 aromatic carbocycles. The lowest BCUT2D eigenvalue weighted by molar-refractivity contribution is -0.139. The number of carbonyl (C=O) groups is 2. The highest BCUT2D eigenvalue weighted by atomic mass is 35.5. The topological polar surface area (TPSA) is 86.8 Å². The number of nitrogens with one attached hydrogen (secondary N) is 1. The van der Waals surface area contributed by atoms with Crippen molar-refractivity contribution in [3.8, 4) is 0 Å². The van der Waals surface area contributed by atoms with Crippen LogP contribution in [-0.2, 0) is 32.6 Å². The van der Waals surface area contributed by atoms with Crippen LogP contribution in [0.4, 0.5) is 5.69 Å². The van der Waals surface area contributed by atoms with Crippen LogP contribution in [0, 0.1) is 0 Å². The molecule has 0 aliphatic heterocycles. The third kappa shape index (κ3) is 7.47. The molecule has 2 amide bonds. The fraction of sp³-hybridized carbons (Fsp3) is 0.161. The molecule has 212 valence electrons. The first kappa shape index (κ1) is 30.1. The van der Waals surface area contributed by atoms with Crippen molar-refractivity contribution in [3.63, 3.8) is 0 Å². The molecule has 0 aliphatic rings. The van der Waals surface area contributed by atoms with Crippen molar-refractivity contribution < 1.29 is 18.0 Å². The zero-order valence-corrected chi connectivity index (χ0v) is 24.6. The second-order valence-electron chi connectivity index (χ2n) is 9.25. The molecule has 0 radical (unpaired) electrons. The summed E-state index contributed by atoms with van der Waals surface area (Å²) >= 11 is 12.7. The largest absolute Gasteiger partial charge is 0.357 e. The summed E-state index contributed by atoms with van der Waals surface area (Å²) in [5.74, 6) is -0.967. The Labute approximate surface area is 250 Å². The molecule has 1 atom stereocenters. The second kappa shape index (κ2) is 13.7. The number of carbonyl (C=O) groups excluding carboxylic acids is 2. The van der Waals surface area contributed by atoms with Gasteiger partial charge < -0.3 is 10.2 Å². The van der Waals surface area contributed by atoms with Gasteiger partial charge in [0.05, 0.1) is 15.6 Å². The second-order valence-corrected chi connectivity index (χ2v) is 12.0. The zero-order chi connectivity index (χ0) is 29.4. The molecule has 0 aromatic heterocycles. The molecule has 7 nitrogen and oxygen atoms in total. The van der Waals surface area contributed by atoms with Crippen molar-refractivity contribution in [2.24, 2.45) is 0 Å². The van der Waals surface area contributed by atoms with Gasteiger partial charge in [0, 0.05) is 25.0 Å². The predicted octanol–water partition coefficient (Wildman–Crippen LogP) is 5.57. The Hall–Kier alpha value is -3.85. The molecule has 0 saturated heterocycles. The minimum atomic E-state index is -4.26. The van der Waals surface area contributed by atoms with Crippen molar-refractivity contribution in [1.82, 2.24) is 10.2 Å². The Morgan fingerprint density at radius 1 is 0.805 bits per heavy atom. The average Bonchev–Trinajstić information content (AvgIpc) is 3.00. The molecular formula is C31H29Cl2N3O4S. The van der Waals surface area contributed by atoms with Gasteiger partial charge in [0.15, 0.2) is 0 Å². The van der Waals surface area contributed by atoms with Gasteiger partial charge in [0.1, 0.15) is 12.6 Å². The maximum absolute atomic E-state index is 14.2. The van der Waals surface area contributed by atoms with Gasteiger partial charge >= 0.3 is 0 Å². The molecule has 1 N–H and O–H groups in total. The van der Waals surface area contributed by atoms with Gasteiger partial charge in [-0.25, -0.2) is 8.42 Å². The summed E-state index contributed by atoms with van der Waals surface area (Å²) in [6.07, 6.45) is 0.225. The van der Waals surface area contributed by atoms with Crippen LogP contribution in [0.5, 0.6) is 0 Å². The van der Waals surface area contributed by atoms with Gasteiger partial charge in [-0.3, -0.25) is 13.9 Å². The number of hydrogen-bond donors (Lipinski definition) is 1. The number of anilines is 1. The van der Waals surface area contributed by atoms with E-state index in [4.69, 9.17) is 23.2 Å². The van der Waals surface area contributed by atoms with Crippen LogP contribution in [0.15, 0.2) is 114 Å². The van der Waals surface area contributed by atoms with E-state index in [2.05, 4.69) is 5.32 Å². The van der Waals surface area contributed by atoms with Crippen LogP contribution in [0.1, 0.15) is 11.1 Å². The lowest BCUT2D eigenvalue weighted by Gasteiger charge is -2.33. The summed E-state index contributed by atoms with van der Waals surface area (Å²) in [5.41, 5.74) is 1.68. The molecule has 0 spiro atoms. The van der Waals surface area contributed by atoms with Gasteiger partial charge in [-0.15, -0.1) is 0 Å². The highest BCUT2D eigenvalue weighted by Crippen LogP contribution is 2.33. The van der Waals surface area contributed by atoms with Crippen LogP contribution in [0.2, 0.25) is 10.0 Å². The maximum Gasteiger partial charge on any atom is 0.264 e. The third-order valence-corrected chi connectivity index (χ3v) is 8.83. The van der Waals surface area contributed by atoms with E-state index in [1.54, 1.807) is 18.2 Å². The molecule has 0 bridgehead atoms. The SMILES string of the molecule is CNC(=O)[C@@H](Cc1ccccc1)N(Cc1ccccc1)C(=O)CN(c1cc(Cl)ccc1Cl)S(=O)(=O)c1ccccc1. The summed E-state index contributed by atoms with van der Waals surface area (Å²) in [6.45, 7) is -0.542. The number of amides is 2. The molecule has 0 aliphatic carbocycles. The standard InChI is InChI=1S/C31H29Cl2N3O4S/c1-34-31(38)29(19-23-11-5-2-6-12-23)35(21-24-13-7-3-8-14-24)30(37)22-36(28-20-25(32)17-18-27(28)33)41(39,40)26-15-9-4-10-16-26/h2-18,20,29H,19,21-22H2,1H3,(H,34,38)/t29-/m1/s1. The maximum atomic E-state index is 14.2. The fourth-order valence-corrected chi connectivity index (χ4v) is 6.29. The number of sulfonamides is 1. The lowest BCUT2D eigenvalue weighted by atomic mass is 10.0. The molecular weight excluding hydrogens is 581 g/mol. The van der Waals surface area contributed by atoms with Crippen LogP contribution < -0.4 is 9.62 Å². The van der Waals surface area contributed by atoms with E-state index in [0.29, 0.717) is 0 Å². The molecule has 0 unspecified atom stereocenters. The molecule has 0 heterocycles. The fourth-order valence-electron chi connectivity index (χ4n) is 4.41. The highest BCUT2D eigenvalue weighted by molar-refractivity contribution is 7.92. The van der Waals surface area contributed by atoms with Gasteiger partial charge in [0.25, 0.3) is 10.0 Å². The van der Waals surface area contributed by atoms with E-state index >= 15 is 0 Å². The van der Waals surface area contributed by atoms with E-state index in [0.717, 1.165) is 15.4 Å². The Morgan fingerprint density at radius 3 is 1.95 bits per heavy atom. The van der Waals surface area contributed by atoms with Gasteiger partial charge in [0.2, 0.25) is 11.8 Å². The summed E-state index contributed by atoms with van der Waals surface area (Å²) in [4.78, 5) is 28.9. The first-order valence-corrected chi connectivity index (χ1v) is 15.0. The van der Waals surface area contributed by atoms with E-state index in [-0.39, 0.29) is 39.5 Å². The minimum absolute atomic E-state index is 0.0226. The van der Waals surface area contributed by atoms with Crippen molar-refractivity contribution in [1.29, 1.82) is 0 Å². The van der Waals surface area contributed by atoms with Crippen LogP contribution in [0.25, 0.3) is 0 Å². The Bertz CT molecular complexity index is 1590. The third-order valence-electron chi connectivity index (χ3n) is 6.50. The monoisotopic (exact) mass is 609 g/mol. The van der Waals surface area contributed by atoms with E-state index in [1.165, 1.54) is 42.3 Å². The van der Waals surface area contributed by atoms with Crippen molar-refractivity contribution >= 4 is 50.7 Å². The van der Waals surface area contributed by atoms with Gasteiger partial charge in [-0.2, -0.15) is 0 Å². The van der Waals surface area contributed by atoms with Crippen molar-refractivity contribution in [2.75, 3.05) is 17.9 Å². The smallest absolute Gasteiger partial charge is 0.264 e. The summed E-state index contributed by atoms with van der Waals surface area (Å²) in [5, 5.41) is 3.01. The molecule has 10 heteroatoms. The summed E-state index contributed by atoms with van der Waals surface area (Å²) in [7, 11) is -2.76. The molecule has 0 saturated carbocycles. The summed E-state index contributed by atoms with van der Waals surface area (Å²) < 4.78 is 28.8. The van der Waals surface area contributed by atoms with Gasteiger partial charge in [-0.1, -0.05) is 102 Å². The Kier molecular flexibility index (Phi) is 10.0. The van der Waals surface area contributed by atoms with E-state index in [1.807, 2.05) is 60.7 Å². The number of benzene rings is 4. The summed E-state index contributed by atoms with van der Waals surface area (Å²) in [6, 6.07) is 29.8. The van der Waals surface area contributed by atoms with Crippen LogP contribution in [0.3, 0.4) is 0 Å². The molecule has 0 fully saturated rings. The first-order valence-electron chi connectivity index (χ1n) is 12.8. The quantitative estimate of drug-likeness (QED) is 0.241. The Balaban J connectivity index is 1.80. The molecule has 4 aromatic rings. The zero-order valence-electron chi connectivity index (χ0n) is 22.3. The van der Waals surface area contributed by atoms with E-state index in [9.17, 15) is 18.0 Å². The van der Waals surface area contributed by atoms with Crippen molar-refractivity contribution in [3.05, 3.63) is 130 Å². The minimum Gasteiger partial charge on any atom is -0.357 e. The number of likely N-dealkylation sites (N-methyl/N-ethyl adjacent to an activating group) is 1. The number of hydrogen-bond acceptors (Lipinski definition) is 4. The lowest BCUT2D eigenvalue weighted by Crippen LogP contribution is -2.53. The average molecular weight is 611 g/mol. The van der Waals surface area contributed by atoms with Crippen molar-refractivity contribution in [2.45, 2.75) is 23.9 Å². The highest BCUT2D eigenvalue weighted by Gasteiger charge is 2.35. The number of rotatable bonds is 11. The molecule has 4 rings (SSSR count). The first-order chi connectivity index (χ1) is 19.7.